The lowest BCUT2D eigenvalue weighted by atomic mass is 10.2. The molecule has 0 aromatic heterocycles. The van der Waals surface area contributed by atoms with Gasteiger partial charge in [-0.2, -0.15) is 5.10 Å². The first-order valence-corrected chi connectivity index (χ1v) is 4.73. The van der Waals surface area contributed by atoms with E-state index in [0.717, 1.165) is 19.5 Å². The second kappa shape index (κ2) is 4.33. The summed E-state index contributed by atoms with van der Waals surface area (Å²) in [5.41, 5.74) is 0. The quantitative estimate of drug-likeness (QED) is 0.635. The van der Waals surface area contributed by atoms with Gasteiger partial charge in [-0.3, -0.25) is 5.01 Å². The van der Waals surface area contributed by atoms with Crippen molar-refractivity contribution in [3.05, 3.63) is 0 Å². The highest BCUT2D eigenvalue weighted by Crippen LogP contribution is 2.06. The molecule has 0 saturated heterocycles. The Morgan fingerprint density at radius 3 is 2.75 bits per heavy atom. The Morgan fingerprint density at radius 1 is 1.33 bits per heavy atom. The molecule has 70 valence electrons. The average molecular weight is 169 g/mol. The highest BCUT2D eigenvalue weighted by atomic mass is 15.5. The third-order valence-corrected chi connectivity index (χ3v) is 2.24. The number of unbranched alkanes of at least 4 members (excludes halogenated alkanes) is 1. The van der Waals surface area contributed by atoms with Crippen molar-refractivity contribution in [2.45, 2.75) is 26.2 Å². The molecule has 3 nitrogen and oxygen atoms in total. The topological polar surface area (TPSA) is 18.8 Å². The Hall–Kier alpha value is -0.730. The third-order valence-electron chi connectivity index (χ3n) is 2.24. The molecule has 0 aliphatic carbocycles. The highest BCUT2D eigenvalue weighted by Gasteiger charge is 2.12. The van der Waals surface area contributed by atoms with Crippen LogP contribution in [-0.4, -0.2) is 42.9 Å². The summed E-state index contributed by atoms with van der Waals surface area (Å²) in [6.45, 7) is 4.37. The van der Waals surface area contributed by atoms with Crippen LogP contribution in [0.25, 0.3) is 0 Å². The Bertz CT molecular complexity index is 165. The largest absolute Gasteiger partial charge is 0.360 e. The van der Waals surface area contributed by atoms with E-state index >= 15 is 0 Å². The van der Waals surface area contributed by atoms with Crippen LogP contribution >= 0.6 is 0 Å². The summed E-state index contributed by atoms with van der Waals surface area (Å²) in [6.07, 6.45) is 3.62. The standard InChI is InChI=1S/C9H19N3/c1-4-5-6-9-10-12(3)8-7-11(9)2/h4-8H2,1-3H3. The Balaban J connectivity index is 2.46. The molecule has 0 amide bonds. The molecule has 1 heterocycles. The molecule has 0 aromatic rings. The maximum atomic E-state index is 4.48. The van der Waals surface area contributed by atoms with Gasteiger partial charge in [0, 0.05) is 27.1 Å². The van der Waals surface area contributed by atoms with Gasteiger partial charge in [0.25, 0.3) is 0 Å². The molecule has 3 heteroatoms. The van der Waals surface area contributed by atoms with Crippen LogP contribution in [0.1, 0.15) is 26.2 Å². The second-order valence-electron chi connectivity index (χ2n) is 3.42. The monoisotopic (exact) mass is 169 g/mol. The molecule has 0 unspecified atom stereocenters. The van der Waals surface area contributed by atoms with Gasteiger partial charge in [0.15, 0.2) is 0 Å². The van der Waals surface area contributed by atoms with Crippen molar-refractivity contribution >= 4 is 5.84 Å². The van der Waals surface area contributed by atoms with Gasteiger partial charge in [0.2, 0.25) is 0 Å². The molecule has 0 spiro atoms. The molecule has 0 fully saturated rings. The van der Waals surface area contributed by atoms with Crippen molar-refractivity contribution in [1.82, 2.24) is 9.91 Å². The van der Waals surface area contributed by atoms with Gasteiger partial charge < -0.3 is 4.90 Å². The van der Waals surface area contributed by atoms with Crippen molar-refractivity contribution in [1.29, 1.82) is 0 Å². The predicted molar refractivity (Wildman–Crippen MR) is 52.2 cm³/mol. The van der Waals surface area contributed by atoms with Gasteiger partial charge in [-0.15, -0.1) is 0 Å². The summed E-state index contributed by atoms with van der Waals surface area (Å²) >= 11 is 0. The van der Waals surface area contributed by atoms with E-state index < -0.39 is 0 Å². The molecule has 1 aliphatic heterocycles. The van der Waals surface area contributed by atoms with Crippen molar-refractivity contribution in [2.24, 2.45) is 5.10 Å². The molecule has 0 saturated carbocycles. The van der Waals surface area contributed by atoms with Crippen molar-refractivity contribution < 1.29 is 0 Å². The number of amidine groups is 1. The smallest absolute Gasteiger partial charge is 0.124 e. The lowest BCUT2D eigenvalue weighted by Crippen LogP contribution is -2.39. The van der Waals surface area contributed by atoms with E-state index in [0.29, 0.717) is 0 Å². The van der Waals surface area contributed by atoms with Crippen LogP contribution in [0.5, 0.6) is 0 Å². The molecule has 0 atom stereocenters. The first-order chi connectivity index (χ1) is 5.74. The Kier molecular flexibility index (Phi) is 3.38. The normalized spacial score (nSPS) is 18.1. The maximum absolute atomic E-state index is 4.48. The Labute approximate surface area is 75.0 Å². The average Bonchev–Trinajstić information content (AvgIpc) is 2.07. The van der Waals surface area contributed by atoms with E-state index in [9.17, 15) is 0 Å². The van der Waals surface area contributed by atoms with Crippen LogP contribution < -0.4 is 0 Å². The molecule has 0 aromatic carbocycles. The lowest BCUT2D eigenvalue weighted by molar-refractivity contribution is 0.277. The molecular formula is C9H19N3. The molecule has 1 aliphatic rings. The van der Waals surface area contributed by atoms with E-state index in [1.165, 1.54) is 18.7 Å². The van der Waals surface area contributed by atoms with E-state index in [4.69, 9.17) is 0 Å². The molecule has 1 rings (SSSR count). The fourth-order valence-corrected chi connectivity index (χ4v) is 1.32. The number of likely N-dealkylation sites (N-methyl/N-ethyl adjacent to an activating group) is 2. The molecule has 0 radical (unpaired) electrons. The van der Waals surface area contributed by atoms with E-state index in [1.54, 1.807) is 0 Å². The molecule has 0 bridgehead atoms. The van der Waals surface area contributed by atoms with E-state index in [2.05, 4.69) is 24.0 Å². The van der Waals surface area contributed by atoms with Gasteiger partial charge >= 0.3 is 0 Å². The lowest BCUT2D eigenvalue weighted by Gasteiger charge is -2.30. The minimum Gasteiger partial charge on any atom is -0.360 e. The van der Waals surface area contributed by atoms with Crippen molar-refractivity contribution in [2.75, 3.05) is 27.2 Å². The summed E-state index contributed by atoms with van der Waals surface area (Å²) in [4.78, 5) is 2.26. The minimum absolute atomic E-state index is 1.05. The van der Waals surface area contributed by atoms with Crippen LogP contribution in [0, 0.1) is 0 Å². The first-order valence-electron chi connectivity index (χ1n) is 4.73. The first kappa shape index (κ1) is 9.36. The number of rotatable bonds is 3. The molecule has 12 heavy (non-hydrogen) atoms. The van der Waals surface area contributed by atoms with E-state index in [1.807, 2.05) is 12.1 Å². The Morgan fingerprint density at radius 2 is 2.08 bits per heavy atom. The third kappa shape index (κ3) is 2.40. The summed E-state index contributed by atoms with van der Waals surface area (Å²) in [5.74, 6) is 1.24. The van der Waals surface area contributed by atoms with Crippen LogP contribution in [0.3, 0.4) is 0 Å². The van der Waals surface area contributed by atoms with Gasteiger partial charge in [0.1, 0.15) is 5.84 Å². The van der Waals surface area contributed by atoms with Gasteiger partial charge in [-0.25, -0.2) is 0 Å². The molecular weight excluding hydrogens is 150 g/mol. The zero-order valence-corrected chi connectivity index (χ0v) is 8.38. The number of hydrogen-bond acceptors (Lipinski definition) is 3. The zero-order chi connectivity index (χ0) is 8.97. The van der Waals surface area contributed by atoms with Crippen LogP contribution in [0.15, 0.2) is 5.10 Å². The summed E-state index contributed by atoms with van der Waals surface area (Å²) in [5, 5.41) is 6.51. The number of nitrogens with zero attached hydrogens (tertiary/aromatic N) is 3. The predicted octanol–water partition coefficient (Wildman–Crippen LogP) is 1.37. The zero-order valence-electron chi connectivity index (χ0n) is 8.38. The van der Waals surface area contributed by atoms with Crippen LogP contribution in [-0.2, 0) is 0 Å². The van der Waals surface area contributed by atoms with Gasteiger partial charge in [0.05, 0.1) is 6.54 Å². The fourth-order valence-electron chi connectivity index (χ4n) is 1.32. The number of hydrazone groups is 1. The second-order valence-corrected chi connectivity index (χ2v) is 3.42. The number of hydrogen-bond donors (Lipinski definition) is 0. The van der Waals surface area contributed by atoms with Crippen LogP contribution in [0.4, 0.5) is 0 Å². The summed E-state index contributed by atoms with van der Waals surface area (Å²) < 4.78 is 0. The summed E-state index contributed by atoms with van der Waals surface area (Å²) in [6, 6.07) is 0. The van der Waals surface area contributed by atoms with E-state index in [-0.39, 0.29) is 0 Å². The van der Waals surface area contributed by atoms with Gasteiger partial charge in [-0.1, -0.05) is 13.3 Å². The fraction of sp³-hybridized carbons (Fsp3) is 0.889. The van der Waals surface area contributed by atoms with Crippen LogP contribution in [0.2, 0.25) is 0 Å². The maximum Gasteiger partial charge on any atom is 0.124 e. The van der Waals surface area contributed by atoms with Crippen molar-refractivity contribution in [3.63, 3.8) is 0 Å². The SMILES string of the molecule is CCCCC1=NN(C)CCN1C. The van der Waals surface area contributed by atoms with Crippen molar-refractivity contribution in [3.8, 4) is 0 Å². The van der Waals surface area contributed by atoms with Gasteiger partial charge in [-0.05, 0) is 6.42 Å². The molecule has 0 N–H and O–H groups in total. The summed E-state index contributed by atoms with van der Waals surface area (Å²) in [7, 11) is 4.17. The highest BCUT2D eigenvalue weighted by molar-refractivity contribution is 5.82. The minimum atomic E-state index is 1.05.